The Morgan fingerprint density at radius 3 is 2.47 bits per heavy atom. The van der Waals surface area contributed by atoms with Crippen LogP contribution in [0.15, 0.2) is 12.1 Å². The normalized spacial score (nSPS) is 14.1. The SMILES string of the molecule is CC(CNC(=O)c1cc(Cl)nc(Cl)c1)S(C)=O. The van der Waals surface area contributed by atoms with Crippen LogP contribution in [0, 0.1) is 0 Å². The Morgan fingerprint density at radius 1 is 1.47 bits per heavy atom. The van der Waals surface area contributed by atoms with Crippen molar-refractivity contribution in [2.75, 3.05) is 12.8 Å². The number of rotatable bonds is 4. The Morgan fingerprint density at radius 2 is 2.00 bits per heavy atom. The van der Waals surface area contributed by atoms with Gasteiger partial charge in [-0.2, -0.15) is 0 Å². The van der Waals surface area contributed by atoms with Crippen LogP contribution >= 0.6 is 23.2 Å². The molecule has 2 unspecified atom stereocenters. The van der Waals surface area contributed by atoms with Gasteiger partial charge in [-0.1, -0.05) is 23.2 Å². The van der Waals surface area contributed by atoms with Gasteiger partial charge in [-0.3, -0.25) is 9.00 Å². The summed E-state index contributed by atoms with van der Waals surface area (Å²) in [5.41, 5.74) is 0.337. The molecule has 1 aromatic heterocycles. The molecule has 1 N–H and O–H groups in total. The van der Waals surface area contributed by atoms with Gasteiger partial charge >= 0.3 is 0 Å². The molecule has 0 aromatic carbocycles. The van der Waals surface area contributed by atoms with E-state index in [-0.39, 0.29) is 21.5 Å². The number of aromatic nitrogens is 1. The number of hydrogen-bond acceptors (Lipinski definition) is 3. The molecular formula is C10H12Cl2N2O2S. The summed E-state index contributed by atoms with van der Waals surface area (Å²) < 4.78 is 11.1. The maximum atomic E-state index is 11.7. The van der Waals surface area contributed by atoms with Gasteiger partial charge in [0.1, 0.15) is 10.3 Å². The van der Waals surface area contributed by atoms with E-state index < -0.39 is 10.8 Å². The third-order valence-electron chi connectivity index (χ3n) is 2.14. The minimum absolute atomic E-state index is 0.105. The highest BCUT2D eigenvalue weighted by Crippen LogP contribution is 2.14. The first kappa shape index (κ1) is 14.4. The van der Waals surface area contributed by atoms with Crippen LogP contribution < -0.4 is 5.32 Å². The average molecular weight is 295 g/mol. The van der Waals surface area contributed by atoms with Crippen LogP contribution in [0.2, 0.25) is 10.3 Å². The summed E-state index contributed by atoms with van der Waals surface area (Å²) in [6.07, 6.45) is 1.59. The molecule has 0 bridgehead atoms. The summed E-state index contributed by atoms with van der Waals surface area (Å²) in [6, 6.07) is 2.85. The molecule has 4 nitrogen and oxygen atoms in total. The smallest absolute Gasteiger partial charge is 0.251 e. The second-order valence-corrected chi connectivity index (χ2v) is 6.10. The Labute approximate surface area is 112 Å². The van der Waals surface area contributed by atoms with E-state index in [1.807, 2.05) is 0 Å². The fraction of sp³-hybridized carbons (Fsp3) is 0.400. The maximum absolute atomic E-state index is 11.7. The van der Waals surface area contributed by atoms with Crippen molar-refractivity contribution in [3.05, 3.63) is 28.0 Å². The molecule has 1 rings (SSSR count). The molecule has 1 heterocycles. The molecule has 7 heteroatoms. The minimum Gasteiger partial charge on any atom is -0.351 e. The quantitative estimate of drug-likeness (QED) is 0.863. The molecule has 1 aromatic rings. The Kier molecular flexibility index (Phi) is 5.36. The van der Waals surface area contributed by atoms with Crippen molar-refractivity contribution in [3.63, 3.8) is 0 Å². The molecule has 1 amide bonds. The standard InChI is InChI=1S/C10H12Cl2N2O2S/c1-6(17(2)16)5-13-10(15)7-3-8(11)14-9(12)4-7/h3-4,6H,5H2,1-2H3,(H,13,15). The van der Waals surface area contributed by atoms with E-state index in [1.54, 1.807) is 13.2 Å². The minimum atomic E-state index is -0.971. The van der Waals surface area contributed by atoms with Crippen LogP contribution in [0.1, 0.15) is 17.3 Å². The fourth-order valence-corrected chi connectivity index (χ4v) is 1.83. The predicted molar refractivity (Wildman–Crippen MR) is 70.1 cm³/mol. The number of nitrogens with one attached hydrogen (secondary N) is 1. The summed E-state index contributed by atoms with van der Waals surface area (Å²) in [7, 11) is -0.971. The highest BCUT2D eigenvalue weighted by Gasteiger charge is 2.11. The van der Waals surface area contributed by atoms with E-state index in [0.717, 1.165) is 0 Å². The molecule has 0 saturated carbocycles. The Hall–Kier alpha value is -0.650. The van der Waals surface area contributed by atoms with Gasteiger partial charge in [0.25, 0.3) is 5.91 Å². The van der Waals surface area contributed by atoms with Crippen LogP contribution in [0.3, 0.4) is 0 Å². The molecule has 0 spiro atoms. The van der Waals surface area contributed by atoms with E-state index in [0.29, 0.717) is 12.1 Å². The van der Waals surface area contributed by atoms with Gasteiger partial charge in [-0.15, -0.1) is 0 Å². The summed E-state index contributed by atoms with van der Waals surface area (Å²) in [5, 5.41) is 2.88. The molecule has 17 heavy (non-hydrogen) atoms. The number of amides is 1. The second kappa shape index (κ2) is 6.33. The topological polar surface area (TPSA) is 59.1 Å². The van der Waals surface area contributed by atoms with E-state index in [9.17, 15) is 9.00 Å². The molecule has 94 valence electrons. The van der Waals surface area contributed by atoms with Gasteiger partial charge in [0.2, 0.25) is 0 Å². The lowest BCUT2D eigenvalue weighted by Crippen LogP contribution is -2.32. The number of carbonyl (C=O) groups is 1. The van der Waals surface area contributed by atoms with Crippen molar-refractivity contribution in [1.29, 1.82) is 0 Å². The van der Waals surface area contributed by atoms with Crippen molar-refractivity contribution in [2.45, 2.75) is 12.2 Å². The molecule has 0 radical (unpaired) electrons. The Balaban J connectivity index is 2.67. The van der Waals surface area contributed by atoms with E-state index in [4.69, 9.17) is 23.2 Å². The van der Waals surface area contributed by atoms with Gasteiger partial charge in [0.15, 0.2) is 0 Å². The van der Waals surface area contributed by atoms with E-state index in [2.05, 4.69) is 10.3 Å². The average Bonchev–Trinajstić information content (AvgIpc) is 2.23. The molecule has 0 aliphatic heterocycles. The predicted octanol–water partition coefficient (Wildman–Crippen LogP) is 1.89. The highest BCUT2D eigenvalue weighted by molar-refractivity contribution is 7.84. The maximum Gasteiger partial charge on any atom is 0.251 e. The monoisotopic (exact) mass is 294 g/mol. The first-order valence-corrected chi connectivity index (χ1v) is 7.21. The van der Waals surface area contributed by atoms with Crippen molar-refractivity contribution in [1.82, 2.24) is 10.3 Å². The third-order valence-corrected chi connectivity index (χ3v) is 3.83. The fourth-order valence-electron chi connectivity index (χ4n) is 1.05. The van der Waals surface area contributed by atoms with Crippen molar-refractivity contribution in [3.8, 4) is 0 Å². The number of halogens is 2. The number of pyridine rings is 1. The number of nitrogens with zero attached hydrogens (tertiary/aromatic N) is 1. The van der Waals surface area contributed by atoms with Crippen molar-refractivity contribution in [2.24, 2.45) is 0 Å². The molecule has 0 fully saturated rings. The van der Waals surface area contributed by atoms with Crippen molar-refractivity contribution >= 4 is 39.9 Å². The number of hydrogen-bond donors (Lipinski definition) is 1. The Bertz CT molecular complexity index is 434. The van der Waals surface area contributed by atoms with Gasteiger partial charge in [-0.05, 0) is 19.1 Å². The van der Waals surface area contributed by atoms with Gasteiger partial charge in [0.05, 0.1) is 0 Å². The van der Waals surface area contributed by atoms with E-state index >= 15 is 0 Å². The van der Waals surface area contributed by atoms with Gasteiger partial charge in [-0.25, -0.2) is 4.98 Å². The highest BCUT2D eigenvalue weighted by atomic mass is 35.5. The van der Waals surface area contributed by atoms with Crippen LogP contribution in [0.5, 0.6) is 0 Å². The third kappa shape index (κ3) is 4.61. The lowest BCUT2D eigenvalue weighted by molar-refractivity contribution is 0.0954. The zero-order valence-electron chi connectivity index (χ0n) is 9.37. The first-order chi connectivity index (χ1) is 7.90. The summed E-state index contributed by atoms with van der Waals surface area (Å²) in [5.74, 6) is -0.312. The second-order valence-electron chi connectivity index (χ2n) is 3.52. The van der Waals surface area contributed by atoms with Crippen LogP contribution in [-0.4, -0.2) is 33.2 Å². The lowest BCUT2D eigenvalue weighted by Gasteiger charge is -2.10. The molecule has 0 aliphatic rings. The lowest BCUT2D eigenvalue weighted by atomic mass is 10.2. The zero-order valence-corrected chi connectivity index (χ0v) is 11.7. The van der Waals surface area contributed by atoms with Gasteiger partial charge < -0.3 is 5.32 Å². The molecule has 2 atom stereocenters. The van der Waals surface area contributed by atoms with E-state index in [1.165, 1.54) is 12.1 Å². The molecule has 0 aliphatic carbocycles. The first-order valence-electron chi connectivity index (χ1n) is 4.83. The number of carbonyl (C=O) groups excluding carboxylic acids is 1. The van der Waals surface area contributed by atoms with Gasteiger partial charge in [0, 0.05) is 34.4 Å². The van der Waals surface area contributed by atoms with Crippen LogP contribution in [-0.2, 0) is 10.8 Å². The van der Waals surface area contributed by atoms with Crippen LogP contribution in [0.4, 0.5) is 0 Å². The van der Waals surface area contributed by atoms with Crippen LogP contribution in [0.25, 0.3) is 0 Å². The molecular weight excluding hydrogens is 283 g/mol. The summed E-state index contributed by atoms with van der Waals surface area (Å²) in [4.78, 5) is 15.5. The largest absolute Gasteiger partial charge is 0.351 e. The summed E-state index contributed by atoms with van der Waals surface area (Å²) in [6.45, 7) is 2.13. The summed E-state index contributed by atoms with van der Waals surface area (Å²) >= 11 is 11.4. The zero-order chi connectivity index (χ0) is 13.0. The molecule has 0 saturated heterocycles. The van der Waals surface area contributed by atoms with Crippen molar-refractivity contribution < 1.29 is 9.00 Å².